The first-order valence-corrected chi connectivity index (χ1v) is 25.2. The average Bonchev–Trinajstić information content (AvgIpc) is 4.00. The van der Waals surface area contributed by atoms with E-state index in [1.54, 1.807) is 0 Å². The van der Waals surface area contributed by atoms with Crippen molar-refractivity contribution in [1.29, 1.82) is 0 Å². The molecular formula is C62H52BN5OPt. The molecule has 8 aromatic carbocycles. The number of aromatic nitrogens is 4. The number of hydrogen-bond acceptors (Lipinski definition) is 3. The van der Waals surface area contributed by atoms with E-state index in [4.69, 9.17) is 9.72 Å². The van der Waals surface area contributed by atoms with Gasteiger partial charge in [0.15, 0.2) is 0 Å². The van der Waals surface area contributed by atoms with Crippen molar-refractivity contribution in [1.82, 2.24) is 18.6 Å². The first-order chi connectivity index (χ1) is 33.9. The average molecular weight is 1090 g/mol. The number of benzene rings is 8. The molecule has 0 aliphatic carbocycles. The molecule has 0 saturated carbocycles. The second kappa shape index (κ2) is 16.9. The maximum absolute atomic E-state index is 6.79. The van der Waals surface area contributed by atoms with Crippen LogP contribution in [0.15, 0.2) is 206 Å². The van der Waals surface area contributed by atoms with Gasteiger partial charge < -0.3 is 0 Å². The van der Waals surface area contributed by atoms with Crippen LogP contribution in [0.4, 0.5) is 11.5 Å². The van der Waals surface area contributed by atoms with Gasteiger partial charge in [0.1, 0.15) is 0 Å². The summed E-state index contributed by atoms with van der Waals surface area (Å²) in [6.45, 7) is 13.7. The van der Waals surface area contributed by atoms with Crippen LogP contribution in [-0.4, -0.2) is 25.6 Å². The van der Waals surface area contributed by atoms with Gasteiger partial charge in [-0.1, -0.05) is 60.7 Å². The number of ether oxygens (including phenoxy) is 1. The molecule has 11 aromatic rings. The number of anilines is 2. The monoisotopic (exact) mass is 1090 g/mol. The van der Waals surface area contributed by atoms with Gasteiger partial charge in [0.25, 0.3) is 0 Å². The van der Waals surface area contributed by atoms with Gasteiger partial charge in [0, 0.05) is 16.3 Å². The normalized spacial score (nSPS) is 12.7. The molecule has 0 radical (unpaired) electrons. The van der Waals surface area contributed by atoms with E-state index in [0.29, 0.717) is 11.6 Å². The molecule has 0 spiro atoms. The molecule has 0 amide bonds. The molecule has 0 fully saturated rings. The predicted molar refractivity (Wildman–Crippen MR) is 287 cm³/mol. The molecule has 3 aromatic heterocycles. The van der Waals surface area contributed by atoms with E-state index in [1.807, 2.05) is 18.2 Å². The third kappa shape index (κ3) is 7.38. The Balaban J connectivity index is 0.978. The molecule has 0 N–H and O–H groups in total. The van der Waals surface area contributed by atoms with Crippen LogP contribution >= 0.6 is 0 Å². The van der Waals surface area contributed by atoms with Gasteiger partial charge in [-0.25, -0.2) is 0 Å². The molecule has 0 unspecified atom stereocenters. The fraction of sp³-hybridized carbons (Fsp3) is 0.129. The van der Waals surface area contributed by atoms with Crippen molar-refractivity contribution in [3.63, 3.8) is 0 Å². The predicted octanol–water partition coefficient (Wildman–Crippen LogP) is 15.1. The van der Waals surface area contributed by atoms with Crippen LogP contribution < -0.4 is 15.0 Å². The van der Waals surface area contributed by atoms with Gasteiger partial charge in [0.2, 0.25) is 0 Å². The number of para-hydroxylation sites is 5. The van der Waals surface area contributed by atoms with Gasteiger partial charge in [-0.15, -0.1) is 0 Å². The van der Waals surface area contributed by atoms with Crippen molar-refractivity contribution in [2.75, 3.05) is 4.81 Å². The molecule has 0 saturated heterocycles. The Labute approximate surface area is 420 Å². The fourth-order valence-corrected chi connectivity index (χ4v) is 11.5. The molecule has 0 atom stereocenters. The molecule has 0 bridgehead atoms. The van der Waals surface area contributed by atoms with Crippen LogP contribution in [0.5, 0.6) is 11.6 Å². The van der Waals surface area contributed by atoms with E-state index in [-0.39, 0.29) is 17.8 Å². The Morgan fingerprint density at radius 1 is 0.500 bits per heavy atom. The van der Waals surface area contributed by atoms with Crippen LogP contribution in [0, 0.1) is 3.80 Å². The molecule has 4 heterocycles. The molecule has 1 aliphatic rings. The van der Waals surface area contributed by atoms with Gasteiger partial charge >= 0.3 is 340 Å². The van der Waals surface area contributed by atoms with Crippen LogP contribution in [0.2, 0.25) is 0 Å². The van der Waals surface area contributed by atoms with Crippen molar-refractivity contribution in [2.45, 2.75) is 52.4 Å². The second-order valence-electron chi connectivity index (χ2n) is 20.4. The Bertz CT molecular complexity index is 3840. The molecule has 6 nitrogen and oxygen atoms in total. The van der Waals surface area contributed by atoms with E-state index in [1.165, 1.54) is 49.5 Å². The maximum atomic E-state index is 6.79. The first-order valence-electron chi connectivity index (χ1n) is 24.1. The van der Waals surface area contributed by atoms with Gasteiger partial charge in [-0.05, 0) is 6.07 Å². The summed E-state index contributed by atoms with van der Waals surface area (Å²) in [6, 6.07) is 74.0. The van der Waals surface area contributed by atoms with E-state index in [2.05, 4.69) is 267 Å². The van der Waals surface area contributed by atoms with E-state index < -0.39 is 0 Å². The zero-order valence-electron chi connectivity index (χ0n) is 40.2. The van der Waals surface area contributed by atoms with Crippen LogP contribution in [-0.2, 0) is 30.2 Å². The van der Waals surface area contributed by atoms with Gasteiger partial charge in [0.05, 0.1) is 0 Å². The van der Waals surface area contributed by atoms with Crippen molar-refractivity contribution in [3.05, 3.63) is 221 Å². The third-order valence-corrected chi connectivity index (χ3v) is 14.9. The van der Waals surface area contributed by atoms with Crippen molar-refractivity contribution in [2.24, 2.45) is 0 Å². The summed E-state index contributed by atoms with van der Waals surface area (Å²) in [5.74, 6) is 2.03. The van der Waals surface area contributed by atoms with Crippen LogP contribution in [0.3, 0.4) is 0 Å². The van der Waals surface area contributed by atoms with E-state index >= 15 is 0 Å². The fourth-order valence-electron chi connectivity index (χ4n) is 10.4. The number of pyridine rings is 1. The Kier molecular flexibility index (Phi) is 10.6. The summed E-state index contributed by atoms with van der Waals surface area (Å²) >= 11 is 2.53. The number of nitrogens with zero attached hydrogens (tertiary/aromatic N) is 5. The van der Waals surface area contributed by atoms with Crippen LogP contribution in [0.1, 0.15) is 52.7 Å². The minimum atomic E-state index is -0.140. The second-order valence-corrected chi connectivity index (χ2v) is 21.4. The summed E-state index contributed by atoms with van der Waals surface area (Å²) < 4.78 is 15.1. The molecule has 344 valence electrons. The zero-order valence-corrected chi connectivity index (χ0v) is 42.4. The number of hydrogen-bond donors (Lipinski definition) is 0. The number of fused-ring (bicyclic) bond motifs is 4. The molecule has 12 rings (SSSR count). The Hall–Kier alpha value is -7.47. The summed E-state index contributed by atoms with van der Waals surface area (Å²) in [5, 5.41) is 2.49. The SMILES string of the molecule is CC(C)(C)c1cc(-c2cccc(-c3ccccc3)c2-n2[c](=[Pt])n(-c3cccc(Oc4cccc(N5B(c6ccccc6)n6c7ccccc7c7cccc5c76)n4)c3)c3ccccc32)cc(C(C)(C)C)c1. The van der Waals surface area contributed by atoms with E-state index in [0.717, 1.165) is 48.8 Å². The summed E-state index contributed by atoms with van der Waals surface area (Å²) in [6.07, 6.45) is 0. The minimum absolute atomic E-state index is 0.0375. The zero-order chi connectivity index (χ0) is 47.9. The van der Waals surface area contributed by atoms with Crippen molar-refractivity contribution in [3.8, 4) is 45.3 Å². The van der Waals surface area contributed by atoms with Gasteiger partial charge in [-0.2, -0.15) is 0 Å². The van der Waals surface area contributed by atoms with Crippen LogP contribution in [0.25, 0.3) is 66.5 Å². The first kappa shape index (κ1) is 43.8. The standard InChI is InChI=1S/C62H52BN5O.Pt/c1-61(2,3)44-37-43(38-45(39-44)62(4,5)6)50-29-18-28-49(42-21-9-7-10-22-42)59(50)66-41-65(54-32-15-16-33-55(54)66)47-25-17-26-48(40-47)69-58-36-20-35-57(64-58)67-56-34-19-30-52-51-27-13-14-31-53(51)68(60(52)56)63(67)46-23-11-8-12-24-46;/h7-40H,1-6H3;. The number of rotatable bonds is 8. The molecular weight excluding hydrogens is 1040 g/mol. The summed E-state index contributed by atoms with van der Waals surface area (Å²) in [4.78, 5) is 7.62. The third-order valence-electron chi connectivity index (χ3n) is 13.8. The quantitative estimate of drug-likeness (QED) is 0.142. The van der Waals surface area contributed by atoms with Crippen molar-refractivity contribution >= 4 is 56.8 Å². The van der Waals surface area contributed by atoms with Gasteiger partial charge in [-0.3, -0.25) is 0 Å². The summed E-state index contributed by atoms with van der Waals surface area (Å²) in [7, 11) is 0. The Morgan fingerprint density at radius 3 is 1.80 bits per heavy atom. The molecule has 8 heteroatoms. The molecule has 70 heavy (non-hydrogen) atoms. The van der Waals surface area contributed by atoms with E-state index in [9.17, 15) is 0 Å². The Morgan fingerprint density at radius 2 is 1.09 bits per heavy atom. The molecule has 1 aliphatic heterocycles. The summed E-state index contributed by atoms with van der Waals surface area (Å²) in [5.41, 5.74) is 16.3. The number of imidazole rings is 1. The topological polar surface area (TPSA) is 40.1 Å². The van der Waals surface area contributed by atoms with Crippen molar-refractivity contribution < 1.29 is 24.1 Å².